The van der Waals surface area contributed by atoms with Crippen LogP contribution in [0.1, 0.15) is 20.8 Å². The van der Waals surface area contributed by atoms with Crippen LogP contribution in [0.3, 0.4) is 0 Å². The molecular formula is C30H31Br2N2O5P. The second-order valence-electron chi connectivity index (χ2n) is 8.12. The summed E-state index contributed by atoms with van der Waals surface area (Å²) in [5.74, 6) is 0. The van der Waals surface area contributed by atoms with E-state index in [0.29, 0.717) is 25.4 Å². The number of para-hydroxylation sites is 2. The third-order valence-corrected chi connectivity index (χ3v) is 7.86. The number of halogens is 2. The van der Waals surface area contributed by atoms with Crippen LogP contribution < -0.4 is 0 Å². The van der Waals surface area contributed by atoms with Crippen LogP contribution >= 0.6 is 40.5 Å². The highest BCUT2D eigenvalue weighted by atomic mass is 79.9. The maximum atomic E-state index is 10.9. The third-order valence-electron chi connectivity index (χ3n) is 5.43. The molecule has 4 aromatic carbocycles. The van der Waals surface area contributed by atoms with Crippen LogP contribution in [0.15, 0.2) is 99.9 Å². The Morgan fingerprint density at radius 1 is 0.725 bits per heavy atom. The van der Waals surface area contributed by atoms with Crippen LogP contribution in [0.5, 0.6) is 0 Å². The summed E-state index contributed by atoms with van der Waals surface area (Å²) in [4.78, 5) is 13.9. The SMILES string of the molecule is Brc1ccc2c(c1)[nH]c1ccccc12.CCOP(OCC)OCC.O=[N+]([O-])c1ccccc1-c1ccc(Br)cc1. The summed E-state index contributed by atoms with van der Waals surface area (Å²) in [6, 6.07) is 28.8. The summed E-state index contributed by atoms with van der Waals surface area (Å²) in [7, 11) is -1.06. The molecule has 1 aromatic heterocycles. The number of nitro groups is 1. The van der Waals surface area contributed by atoms with E-state index in [4.69, 9.17) is 13.6 Å². The second-order valence-corrected chi connectivity index (χ2v) is 11.2. The Balaban J connectivity index is 0.000000170. The highest BCUT2D eigenvalue weighted by molar-refractivity contribution is 9.10. The van der Waals surface area contributed by atoms with Crippen molar-refractivity contribution in [3.63, 3.8) is 0 Å². The molecule has 1 heterocycles. The normalized spacial score (nSPS) is 10.7. The first-order chi connectivity index (χ1) is 19.4. The fourth-order valence-electron chi connectivity index (χ4n) is 3.76. The summed E-state index contributed by atoms with van der Waals surface area (Å²) in [6.07, 6.45) is 0. The summed E-state index contributed by atoms with van der Waals surface area (Å²) in [6.45, 7) is 7.71. The van der Waals surface area contributed by atoms with Gasteiger partial charge in [-0.1, -0.05) is 80.4 Å². The van der Waals surface area contributed by atoms with Gasteiger partial charge in [0, 0.05) is 36.8 Å². The van der Waals surface area contributed by atoms with Gasteiger partial charge in [-0.2, -0.15) is 0 Å². The van der Waals surface area contributed by atoms with Crippen molar-refractivity contribution in [2.24, 2.45) is 0 Å². The van der Waals surface area contributed by atoms with Crippen LogP contribution in [0.4, 0.5) is 5.69 Å². The molecule has 0 fully saturated rings. The second kappa shape index (κ2) is 16.6. The summed E-state index contributed by atoms with van der Waals surface area (Å²) in [5.41, 5.74) is 3.99. The van der Waals surface area contributed by atoms with E-state index in [2.05, 4.69) is 73.2 Å². The molecule has 40 heavy (non-hydrogen) atoms. The highest BCUT2D eigenvalue weighted by Crippen LogP contribution is 2.38. The van der Waals surface area contributed by atoms with E-state index in [9.17, 15) is 10.1 Å². The lowest BCUT2D eigenvalue weighted by molar-refractivity contribution is -0.384. The molecule has 5 aromatic rings. The van der Waals surface area contributed by atoms with Gasteiger partial charge in [0.1, 0.15) is 0 Å². The number of nitro benzene ring substituents is 1. The lowest BCUT2D eigenvalue weighted by Crippen LogP contribution is -1.94. The average Bonchev–Trinajstić information content (AvgIpc) is 3.32. The number of H-pyrrole nitrogens is 1. The van der Waals surface area contributed by atoms with E-state index < -0.39 is 8.60 Å². The molecule has 0 aliphatic heterocycles. The molecule has 10 heteroatoms. The van der Waals surface area contributed by atoms with Gasteiger partial charge in [0.05, 0.1) is 30.3 Å². The quantitative estimate of drug-likeness (QED) is 0.0995. The number of nitrogens with one attached hydrogen (secondary N) is 1. The molecule has 0 aliphatic carbocycles. The summed E-state index contributed by atoms with van der Waals surface area (Å²) in [5, 5.41) is 13.4. The number of fused-ring (bicyclic) bond motifs is 3. The van der Waals surface area contributed by atoms with Crippen LogP contribution in [0.2, 0.25) is 0 Å². The van der Waals surface area contributed by atoms with Crippen LogP contribution in [-0.2, 0) is 13.6 Å². The van der Waals surface area contributed by atoms with Gasteiger partial charge in [0.15, 0.2) is 0 Å². The Kier molecular flexibility index (Phi) is 13.2. The minimum absolute atomic E-state index is 0.129. The van der Waals surface area contributed by atoms with E-state index in [0.717, 1.165) is 14.5 Å². The highest BCUT2D eigenvalue weighted by Gasteiger charge is 2.13. The molecule has 0 aliphatic rings. The van der Waals surface area contributed by atoms with Crippen molar-refractivity contribution in [3.8, 4) is 11.1 Å². The first kappa shape index (κ1) is 31.9. The van der Waals surface area contributed by atoms with Crippen molar-refractivity contribution < 1.29 is 18.5 Å². The van der Waals surface area contributed by atoms with Gasteiger partial charge in [-0.25, -0.2) is 0 Å². The molecule has 7 nitrogen and oxygen atoms in total. The lowest BCUT2D eigenvalue weighted by atomic mass is 10.0. The molecule has 0 unspecified atom stereocenters. The minimum Gasteiger partial charge on any atom is -0.354 e. The van der Waals surface area contributed by atoms with E-state index >= 15 is 0 Å². The fourth-order valence-corrected chi connectivity index (χ4v) is 5.24. The fraction of sp³-hybridized carbons (Fsp3) is 0.200. The molecule has 0 saturated heterocycles. The van der Waals surface area contributed by atoms with Crippen LogP contribution in [0.25, 0.3) is 32.9 Å². The molecule has 1 N–H and O–H groups in total. The number of rotatable bonds is 8. The molecule has 0 atom stereocenters. The maximum Gasteiger partial charge on any atom is 0.332 e. The predicted octanol–water partition coefficient (Wildman–Crippen LogP) is 10.4. The van der Waals surface area contributed by atoms with Gasteiger partial charge in [-0.15, -0.1) is 0 Å². The number of nitrogens with zero attached hydrogens (tertiary/aromatic N) is 1. The lowest BCUT2D eigenvalue weighted by Gasteiger charge is -2.12. The molecule has 210 valence electrons. The predicted molar refractivity (Wildman–Crippen MR) is 172 cm³/mol. The van der Waals surface area contributed by atoms with E-state index in [-0.39, 0.29) is 10.6 Å². The molecule has 0 saturated carbocycles. The largest absolute Gasteiger partial charge is 0.354 e. The maximum absolute atomic E-state index is 10.9. The van der Waals surface area contributed by atoms with Gasteiger partial charge >= 0.3 is 8.60 Å². The Hall–Kier alpha value is -2.65. The summed E-state index contributed by atoms with van der Waals surface area (Å²) >= 11 is 6.80. The first-order valence-corrected chi connectivity index (χ1v) is 15.4. The van der Waals surface area contributed by atoms with Crippen molar-refractivity contribution in [3.05, 3.63) is 110 Å². The Bertz CT molecular complexity index is 1500. The van der Waals surface area contributed by atoms with Gasteiger partial charge in [-0.05, 0) is 62.7 Å². The first-order valence-electron chi connectivity index (χ1n) is 12.7. The Morgan fingerprint density at radius 3 is 1.90 bits per heavy atom. The monoisotopic (exact) mass is 688 g/mol. The van der Waals surface area contributed by atoms with Crippen molar-refractivity contribution in [2.75, 3.05) is 19.8 Å². The molecule has 0 amide bonds. The molecule has 0 bridgehead atoms. The standard InChI is InChI=1S/C12H8BrNO2.C12H8BrN.C6H15O3P/c13-10-7-5-9(6-8-10)11-3-1-2-4-12(11)14(15)16;13-8-5-6-10-9-3-1-2-4-11(9)14-12(10)7-8;1-4-7-10(8-5-2)9-6-3/h1-8H;1-7,14H;4-6H2,1-3H3. The van der Waals surface area contributed by atoms with Crippen LogP contribution in [-0.4, -0.2) is 29.7 Å². The molecule has 0 spiro atoms. The van der Waals surface area contributed by atoms with Gasteiger partial charge in [0.2, 0.25) is 0 Å². The van der Waals surface area contributed by atoms with Gasteiger partial charge in [0.25, 0.3) is 5.69 Å². The smallest absolute Gasteiger partial charge is 0.332 e. The number of hydrogen-bond donors (Lipinski definition) is 1. The topological polar surface area (TPSA) is 86.6 Å². The number of aromatic nitrogens is 1. The number of hydrogen-bond acceptors (Lipinski definition) is 5. The minimum atomic E-state index is -1.06. The number of aromatic amines is 1. The van der Waals surface area contributed by atoms with Gasteiger partial charge < -0.3 is 18.6 Å². The van der Waals surface area contributed by atoms with Crippen molar-refractivity contribution in [1.29, 1.82) is 0 Å². The third kappa shape index (κ3) is 9.20. The Labute approximate surface area is 252 Å². The van der Waals surface area contributed by atoms with Crippen LogP contribution in [0, 0.1) is 10.1 Å². The molecule has 5 rings (SSSR count). The van der Waals surface area contributed by atoms with Crippen molar-refractivity contribution >= 4 is 68.0 Å². The Morgan fingerprint density at radius 2 is 1.27 bits per heavy atom. The molecular weight excluding hydrogens is 659 g/mol. The van der Waals surface area contributed by atoms with Crippen molar-refractivity contribution in [1.82, 2.24) is 4.98 Å². The number of benzene rings is 4. The summed E-state index contributed by atoms with van der Waals surface area (Å²) < 4.78 is 17.5. The zero-order chi connectivity index (χ0) is 28.9. The van der Waals surface area contributed by atoms with E-state index in [1.807, 2.05) is 51.1 Å². The molecule has 0 radical (unpaired) electrons. The zero-order valence-electron chi connectivity index (χ0n) is 22.5. The van der Waals surface area contributed by atoms with Crippen molar-refractivity contribution in [2.45, 2.75) is 20.8 Å². The van der Waals surface area contributed by atoms with Gasteiger partial charge in [-0.3, -0.25) is 10.1 Å². The van der Waals surface area contributed by atoms with E-state index in [1.165, 1.54) is 27.9 Å². The zero-order valence-corrected chi connectivity index (χ0v) is 26.5. The van der Waals surface area contributed by atoms with E-state index in [1.54, 1.807) is 18.2 Å². The average molecular weight is 690 g/mol.